The van der Waals surface area contributed by atoms with Crippen molar-refractivity contribution in [2.75, 3.05) is 5.32 Å². The summed E-state index contributed by atoms with van der Waals surface area (Å²) in [5.74, 6) is -0.215. The topological polar surface area (TPSA) is 42.0 Å². The summed E-state index contributed by atoms with van der Waals surface area (Å²) < 4.78 is 0. The summed E-state index contributed by atoms with van der Waals surface area (Å²) in [6.45, 7) is 1.96. The molecule has 0 radical (unpaired) electrons. The number of nitrogens with one attached hydrogen (secondary N) is 1. The number of carbonyl (C=O) groups is 1. The SMILES string of the molecule is Cc1ccc(NC(=O)c2ccc3c(Cl)c4c(nc3c2)CCCC4)c(Cl)c1. The molecule has 1 aliphatic carbocycles. The molecule has 2 aromatic carbocycles. The molecule has 5 heteroatoms. The second-order valence-electron chi connectivity index (χ2n) is 6.73. The smallest absolute Gasteiger partial charge is 0.255 e. The fourth-order valence-corrected chi connectivity index (χ4v) is 4.07. The molecule has 3 nitrogen and oxygen atoms in total. The van der Waals surface area contributed by atoms with Crippen LogP contribution in [0.4, 0.5) is 5.69 Å². The number of aryl methyl sites for hydroxylation is 2. The maximum Gasteiger partial charge on any atom is 0.255 e. The third kappa shape index (κ3) is 3.17. The summed E-state index contributed by atoms with van der Waals surface area (Å²) >= 11 is 12.8. The van der Waals surface area contributed by atoms with Gasteiger partial charge in [0, 0.05) is 16.6 Å². The molecule has 0 saturated carbocycles. The van der Waals surface area contributed by atoms with Gasteiger partial charge in [0.1, 0.15) is 0 Å². The quantitative estimate of drug-likeness (QED) is 0.590. The Balaban J connectivity index is 1.69. The molecule has 1 aliphatic rings. The number of hydrogen-bond acceptors (Lipinski definition) is 2. The predicted molar refractivity (Wildman–Crippen MR) is 108 cm³/mol. The lowest BCUT2D eigenvalue weighted by molar-refractivity contribution is 0.102. The van der Waals surface area contributed by atoms with Gasteiger partial charge in [0.2, 0.25) is 0 Å². The zero-order valence-corrected chi connectivity index (χ0v) is 15.9. The van der Waals surface area contributed by atoms with Crippen LogP contribution in [0.25, 0.3) is 10.9 Å². The van der Waals surface area contributed by atoms with Gasteiger partial charge in [-0.3, -0.25) is 9.78 Å². The van der Waals surface area contributed by atoms with E-state index in [2.05, 4.69) is 5.32 Å². The lowest BCUT2D eigenvalue weighted by Crippen LogP contribution is -2.13. The van der Waals surface area contributed by atoms with Gasteiger partial charge in [-0.05, 0) is 68.0 Å². The van der Waals surface area contributed by atoms with Gasteiger partial charge < -0.3 is 5.32 Å². The molecule has 0 fully saturated rings. The summed E-state index contributed by atoms with van der Waals surface area (Å²) in [6.07, 6.45) is 4.21. The zero-order chi connectivity index (χ0) is 18.3. The maximum absolute atomic E-state index is 12.6. The first-order chi connectivity index (χ1) is 12.5. The summed E-state index contributed by atoms with van der Waals surface area (Å²) in [5.41, 5.74) is 5.16. The van der Waals surface area contributed by atoms with E-state index < -0.39 is 0 Å². The van der Waals surface area contributed by atoms with E-state index in [4.69, 9.17) is 28.2 Å². The highest BCUT2D eigenvalue weighted by Crippen LogP contribution is 2.33. The minimum absolute atomic E-state index is 0.215. The van der Waals surface area contributed by atoms with Crippen LogP contribution in [0.15, 0.2) is 36.4 Å². The second kappa shape index (κ2) is 6.90. The number of pyridine rings is 1. The van der Waals surface area contributed by atoms with Crippen molar-refractivity contribution in [3.63, 3.8) is 0 Å². The molecule has 0 bridgehead atoms. The standard InChI is InChI=1S/C21H18Cl2N2O/c1-12-6-9-18(16(22)10-12)25-21(26)13-7-8-15-19(11-13)24-17-5-3-2-4-14(17)20(15)23/h6-11H,2-5H2,1H3,(H,25,26). The first-order valence-electron chi connectivity index (χ1n) is 8.71. The van der Waals surface area contributed by atoms with Gasteiger partial charge >= 0.3 is 0 Å². The summed E-state index contributed by atoms with van der Waals surface area (Å²) in [7, 11) is 0. The average molecular weight is 385 g/mol. The number of rotatable bonds is 2. The number of halogens is 2. The number of anilines is 1. The Kier molecular flexibility index (Phi) is 4.60. The van der Waals surface area contributed by atoms with E-state index in [1.807, 2.05) is 31.2 Å². The van der Waals surface area contributed by atoms with E-state index in [9.17, 15) is 4.79 Å². The highest BCUT2D eigenvalue weighted by atomic mass is 35.5. The Morgan fingerprint density at radius 1 is 1.08 bits per heavy atom. The number of aromatic nitrogens is 1. The Hall–Kier alpha value is -2.10. The molecule has 0 spiro atoms. The number of benzene rings is 2. The van der Waals surface area contributed by atoms with Crippen molar-refractivity contribution >= 4 is 45.7 Å². The molecule has 132 valence electrons. The fraction of sp³-hybridized carbons (Fsp3) is 0.238. The molecule has 4 rings (SSSR count). The number of hydrogen-bond donors (Lipinski definition) is 1. The Morgan fingerprint density at radius 3 is 2.69 bits per heavy atom. The van der Waals surface area contributed by atoms with Crippen LogP contribution >= 0.6 is 23.2 Å². The van der Waals surface area contributed by atoms with Crippen molar-refractivity contribution in [3.05, 3.63) is 68.8 Å². The third-order valence-electron chi connectivity index (χ3n) is 4.83. The van der Waals surface area contributed by atoms with Crippen molar-refractivity contribution < 1.29 is 4.79 Å². The molecule has 0 unspecified atom stereocenters. The van der Waals surface area contributed by atoms with Crippen molar-refractivity contribution in [2.45, 2.75) is 32.6 Å². The van der Waals surface area contributed by atoms with E-state index in [-0.39, 0.29) is 5.91 Å². The lowest BCUT2D eigenvalue weighted by Gasteiger charge is -2.18. The van der Waals surface area contributed by atoms with E-state index in [0.717, 1.165) is 58.4 Å². The van der Waals surface area contributed by atoms with Crippen LogP contribution in [0.2, 0.25) is 10.0 Å². The molecule has 3 aromatic rings. The number of amides is 1. The highest BCUT2D eigenvalue weighted by Gasteiger charge is 2.18. The van der Waals surface area contributed by atoms with Gasteiger partial charge in [0.25, 0.3) is 5.91 Å². The minimum Gasteiger partial charge on any atom is -0.321 e. The maximum atomic E-state index is 12.6. The highest BCUT2D eigenvalue weighted by molar-refractivity contribution is 6.36. The average Bonchev–Trinajstić information content (AvgIpc) is 2.64. The minimum atomic E-state index is -0.215. The van der Waals surface area contributed by atoms with Crippen LogP contribution in [0, 0.1) is 6.92 Å². The fourth-order valence-electron chi connectivity index (χ4n) is 3.42. The van der Waals surface area contributed by atoms with Crippen LogP contribution in [0.5, 0.6) is 0 Å². The third-order valence-corrected chi connectivity index (χ3v) is 5.57. The first kappa shape index (κ1) is 17.3. The molecule has 1 aromatic heterocycles. The molecular formula is C21H18Cl2N2O. The van der Waals surface area contributed by atoms with E-state index in [1.165, 1.54) is 0 Å². The summed E-state index contributed by atoms with van der Waals surface area (Å²) in [6, 6.07) is 11.0. The van der Waals surface area contributed by atoms with E-state index in [0.29, 0.717) is 16.3 Å². The lowest BCUT2D eigenvalue weighted by atomic mass is 9.94. The summed E-state index contributed by atoms with van der Waals surface area (Å²) in [4.78, 5) is 17.4. The van der Waals surface area contributed by atoms with Crippen molar-refractivity contribution in [1.29, 1.82) is 0 Å². The van der Waals surface area contributed by atoms with E-state index >= 15 is 0 Å². The number of fused-ring (bicyclic) bond motifs is 2. The monoisotopic (exact) mass is 384 g/mol. The largest absolute Gasteiger partial charge is 0.321 e. The van der Waals surface area contributed by atoms with Crippen molar-refractivity contribution in [3.8, 4) is 0 Å². The Bertz CT molecular complexity index is 1030. The van der Waals surface area contributed by atoms with Gasteiger partial charge in [-0.25, -0.2) is 0 Å². The van der Waals surface area contributed by atoms with Crippen molar-refractivity contribution in [2.24, 2.45) is 0 Å². The zero-order valence-electron chi connectivity index (χ0n) is 14.4. The van der Waals surface area contributed by atoms with Crippen LogP contribution in [-0.4, -0.2) is 10.9 Å². The van der Waals surface area contributed by atoms with Gasteiger partial charge in [0.05, 0.1) is 21.2 Å². The molecule has 1 N–H and O–H groups in total. The molecule has 1 heterocycles. The predicted octanol–water partition coefficient (Wildman–Crippen LogP) is 5.98. The molecule has 1 amide bonds. The molecule has 0 atom stereocenters. The first-order valence-corrected chi connectivity index (χ1v) is 9.47. The van der Waals surface area contributed by atoms with Crippen LogP contribution in [0.1, 0.15) is 40.0 Å². The second-order valence-corrected chi connectivity index (χ2v) is 7.51. The van der Waals surface area contributed by atoms with E-state index in [1.54, 1.807) is 12.1 Å². The van der Waals surface area contributed by atoms with Crippen LogP contribution < -0.4 is 5.32 Å². The Labute approximate surface area is 162 Å². The molecular weight excluding hydrogens is 367 g/mol. The van der Waals surface area contributed by atoms with Crippen LogP contribution in [0.3, 0.4) is 0 Å². The number of nitrogens with zero attached hydrogens (tertiary/aromatic N) is 1. The van der Waals surface area contributed by atoms with Gasteiger partial charge in [-0.1, -0.05) is 35.3 Å². The van der Waals surface area contributed by atoms with Crippen LogP contribution in [-0.2, 0) is 12.8 Å². The van der Waals surface area contributed by atoms with Gasteiger partial charge in [0.15, 0.2) is 0 Å². The van der Waals surface area contributed by atoms with Crippen molar-refractivity contribution in [1.82, 2.24) is 4.98 Å². The summed E-state index contributed by atoms with van der Waals surface area (Å²) in [5, 5.41) is 5.06. The van der Waals surface area contributed by atoms with Gasteiger partial charge in [-0.2, -0.15) is 0 Å². The Morgan fingerprint density at radius 2 is 1.88 bits per heavy atom. The molecule has 0 saturated heterocycles. The normalized spacial score (nSPS) is 13.5. The molecule has 0 aliphatic heterocycles. The van der Waals surface area contributed by atoms with Gasteiger partial charge in [-0.15, -0.1) is 0 Å². The number of carbonyl (C=O) groups excluding carboxylic acids is 1. The molecule has 26 heavy (non-hydrogen) atoms.